The maximum absolute atomic E-state index is 13.3. The number of carboxylic acid groups (broad SMARTS) is 1. The molecule has 1 aromatic rings. The van der Waals surface area contributed by atoms with Gasteiger partial charge >= 0.3 is 5.97 Å². The largest absolute Gasteiger partial charge is 0.489 e. The molecule has 1 aromatic carbocycles. The van der Waals surface area contributed by atoms with Crippen molar-refractivity contribution in [2.24, 2.45) is 5.92 Å². The average molecular weight is 231 g/mol. The summed E-state index contributed by atoms with van der Waals surface area (Å²) in [5, 5.41) is 9.05. The second kappa shape index (κ2) is 3.70. The molecule has 0 aliphatic carbocycles. The maximum Gasteiger partial charge on any atom is 0.310 e. The molecule has 0 amide bonds. The van der Waals surface area contributed by atoms with Crippen LogP contribution in [0.4, 0.5) is 4.39 Å². The van der Waals surface area contributed by atoms with Crippen molar-refractivity contribution in [3.8, 4) is 5.75 Å². The Morgan fingerprint density at radius 3 is 3.00 bits per heavy atom. The van der Waals surface area contributed by atoms with E-state index in [2.05, 4.69) is 0 Å². The van der Waals surface area contributed by atoms with Gasteiger partial charge in [0.2, 0.25) is 0 Å². The van der Waals surface area contributed by atoms with E-state index in [0.29, 0.717) is 5.56 Å². The second-order valence-corrected chi connectivity index (χ2v) is 3.86. The van der Waals surface area contributed by atoms with Crippen LogP contribution in [0.25, 0.3) is 0 Å². The lowest BCUT2D eigenvalue weighted by Crippen LogP contribution is -2.28. The smallest absolute Gasteiger partial charge is 0.310 e. The standard InChI is InChI=1S/C10H8ClFO3/c11-7-2-5-1-6(10(13)14)4-15-9(5)8(12)3-7/h2-3,6H,1,4H2,(H,13,14). The third-order valence-electron chi connectivity index (χ3n) is 2.33. The molecule has 5 heteroatoms. The normalized spacial score (nSPS) is 19.2. The number of aliphatic carboxylic acids is 1. The van der Waals surface area contributed by atoms with Gasteiger partial charge in [0.25, 0.3) is 0 Å². The van der Waals surface area contributed by atoms with Crippen LogP contribution < -0.4 is 4.74 Å². The van der Waals surface area contributed by atoms with Gasteiger partial charge in [0.15, 0.2) is 11.6 Å². The molecule has 0 saturated heterocycles. The Morgan fingerprint density at radius 1 is 1.60 bits per heavy atom. The summed E-state index contributed by atoms with van der Waals surface area (Å²) >= 11 is 5.67. The van der Waals surface area contributed by atoms with E-state index in [9.17, 15) is 9.18 Å². The van der Waals surface area contributed by atoms with E-state index in [1.165, 1.54) is 6.07 Å². The summed E-state index contributed by atoms with van der Waals surface area (Å²) in [6, 6.07) is 2.69. The van der Waals surface area contributed by atoms with E-state index < -0.39 is 17.7 Å². The number of hydrogen-bond donors (Lipinski definition) is 1. The van der Waals surface area contributed by atoms with Crippen molar-refractivity contribution in [3.05, 3.63) is 28.5 Å². The van der Waals surface area contributed by atoms with E-state index in [1.807, 2.05) is 0 Å². The number of carboxylic acids is 1. The van der Waals surface area contributed by atoms with Crippen LogP contribution in [0.5, 0.6) is 5.75 Å². The molecule has 0 saturated carbocycles. The van der Waals surface area contributed by atoms with Crippen LogP contribution in [-0.4, -0.2) is 17.7 Å². The maximum atomic E-state index is 13.3. The van der Waals surface area contributed by atoms with E-state index in [1.54, 1.807) is 0 Å². The first kappa shape index (κ1) is 10.2. The fourth-order valence-electron chi connectivity index (χ4n) is 1.59. The summed E-state index contributed by atoms with van der Waals surface area (Å²) in [6.45, 7) is 0.000879. The van der Waals surface area contributed by atoms with Crippen LogP contribution in [0.1, 0.15) is 5.56 Å². The van der Waals surface area contributed by atoms with Crippen LogP contribution in [0, 0.1) is 11.7 Å². The highest BCUT2D eigenvalue weighted by Crippen LogP contribution is 2.32. The van der Waals surface area contributed by atoms with Gasteiger partial charge in [-0.1, -0.05) is 11.6 Å². The lowest BCUT2D eigenvalue weighted by Gasteiger charge is -2.22. The molecule has 80 valence electrons. The van der Waals surface area contributed by atoms with Crippen LogP contribution >= 0.6 is 11.6 Å². The molecule has 2 rings (SSSR count). The van der Waals surface area contributed by atoms with Gasteiger partial charge in [-0.3, -0.25) is 4.79 Å². The van der Waals surface area contributed by atoms with Crippen LogP contribution in [0.2, 0.25) is 5.02 Å². The summed E-state index contributed by atoms with van der Waals surface area (Å²) < 4.78 is 18.4. The van der Waals surface area contributed by atoms with Gasteiger partial charge < -0.3 is 9.84 Å². The van der Waals surface area contributed by atoms with Crippen molar-refractivity contribution >= 4 is 17.6 Å². The van der Waals surface area contributed by atoms with Gasteiger partial charge in [-0.05, 0) is 24.1 Å². The topological polar surface area (TPSA) is 46.5 Å². The average Bonchev–Trinajstić information content (AvgIpc) is 2.16. The summed E-state index contributed by atoms with van der Waals surface area (Å²) in [6.07, 6.45) is 0.252. The molecule has 0 radical (unpaired) electrons. The molecule has 1 atom stereocenters. The molecule has 0 aromatic heterocycles. The third-order valence-corrected chi connectivity index (χ3v) is 2.55. The Hall–Kier alpha value is -1.29. The van der Waals surface area contributed by atoms with E-state index >= 15 is 0 Å². The fourth-order valence-corrected chi connectivity index (χ4v) is 1.82. The van der Waals surface area contributed by atoms with E-state index in [4.69, 9.17) is 21.4 Å². The van der Waals surface area contributed by atoms with Gasteiger partial charge in [0.1, 0.15) is 6.61 Å². The Labute approximate surface area is 90.4 Å². The van der Waals surface area contributed by atoms with Crippen molar-refractivity contribution in [3.63, 3.8) is 0 Å². The van der Waals surface area contributed by atoms with Crippen molar-refractivity contribution in [1.82, 2.24) is 0 Å². The number of hydrogen-bond acceptors (Lipinski definition) is 2. The highest BCUT2D eigenvalue weighted by atomic mass is 35.5. The molecule has 0 spiro atoms. The Bertz CT molecular complexity index is 419. The molecular formula is C10H8ClFO3. The highest BCUT2D eigenvalue weighted by Gasteiger charge is 2.27. The van der Waals surface area contributed by atoms with Crippen molar-refractivity contribution in [1.29, 1.82) is 0 Å². The SMILES string of the molecule is O=C(O)C1COc2c(F)cc(Cl)cc2C1. The first-order chi connectivity index (χ1) is 7.08. The molecule has 0 fully saturated rings. The zero-order chi connectivity index (χ0) is 11.0. The van der Waals surface area contributed by atoms with Crippen LogP contribution in [0.15, 0.2) is 12.1 Å². The molecule has 15 heavy (non-hydrogen) atoms. The van der Waals surface area contributed by atoms with Gasteiger partial charge in [-0.2, -0.15) is 0 Å². The first-order valence-corrected chi connectivity index (χ1v) is 4.79. The lowest BCUT2D eigenvalue weighted by atomic mass is 9.97. The quantitative estimate of drug-likeness (QED) is 0.804. The molecule has 1 aliphatic rings. The number of halogens is 2. The second-order valence-electron chi connectivity index (χ2n) is 3.43. The predicted octanol–water partition coefficient (Wildman–Crippen LogP) is 2.11. The van der Waals surface area contributed by atoms with Gasteiger partial charge in [-0.15, -0.1) is 0 Å². The lowest BCUT2D eigenvalue weighted by molar-refractivity contribution is -0.143. The molecule has 1 aliphatic heterocycles. The van der Waals surface area contributed by atoms with Crippen molar-refractivity contribution < 1.29 is 19.0 Å². The number of fused-ring (bicyclic) bond motifs is 1. The number of ether oxygens (including phenoxy) is 1. The zero-order valence-corrected chi connectivity index (χ0v) is 8.42. The molecular weight excluding hydrogens is 223 g/mol. The minimum atomic E-state index is -0.943. The van der Waals surface area contributed by atoms with Gasteiger partial charge in [-0.25, -0.2) is 4.39 Å². The van der Waals surface area contributed by atoms with Gasteiger partial charge in [0.05, 0.1) is 5.92 Å². The molecule has 0 bridgehead atoms. The fraction of sp³-hybridized carbons (Fsp3) is 0.300. The monoisotopic (exact) mass is 230 g/mol. The molecule has 1 N–H and O–H groups in total. The molecule has 1 heterocycles. The highest BCUT2D eigenvalue weighted by molar-refractivity contribution is 6.30. The summed E-state index contributed by atoms with van der Waals surface area (Å²) in [5.74, 6) is -1.99. The van der Waals surface area contributed by atoms with Crippen LogP contribution in [0.3, 0.4) is 0 Å². The summed E-state index contributed by atoms with van der Waals surface area (Å²) in [5.41, 5.74) is 0.513. The Balaban J connectivity index is 2.37. The zero-order valence-electron chi connectivity index (χ0n) is 7.67. The number of benzene rings is 1. The Morgan fingerprint density at radius 2 is 2.33 bits per heavy atom. The number of carbonyl (C=O) groups is 1. The summed E-state index contributed by atoms with van der Waals surface area (Å²) in [4.78, 5) is 10.7. The van der Waals surface area contributed by atoms with Crippen LogP contribution in [-0.2, 0) is 11.2 Å². The van der Waals surface area contributed by atoms with Crippen molar-refractivity contribution in [2.45, 2.75) is 6.42 Å². The minimum Gasteiger partial charge on any atom is -0.489 e. The first-order valence-electron chi connectivity index (χ1n) is 4.41. The molecule has 1 unspecified atom stereocenters. The minimum absolute atomic E-state index is 0.000879. The number of rotatable bonds is 1. The molecule has 3 nitrogen and oxygen atoms in total. The van der Waals surface area contributed by atoms with E-state index in [-0.39, 0.29) is 23.8 Å². The predicted molar refractivity (Wildman–Crippen MR) is 51.7 cm³/mol. The van der Waals surface area contributed by atoms with Gasteiger partial charge in [0, 0.05) is 5.02 Å². The van der Waals surface area contributed by atoms with E-state index in [0.717, 1.165) is 6.07 Å². The Kier molecular flexibility index (Phi) is 2.52. The summed E-state index contributed by atoms with van der Waals surface area (Å²) in [7, 11) is 0. The third kappa shape index (κ3) is 1.90. The van der Waals surface area contributed by atoms with Crippen molar-refractivity contribution in [2.75, 3.05) is 6.61 Å².